The second-order valence-electron chi connectivity index (χ2n) is 7.32. The first-order valence-corrected chi connectivity index (χ1v) is 9.22. The molecule has 0 aliphatic carbocycles. The number of benzene rings is 2. The van der Waals surface area contributed by atoms with Gasteiger partial charge in [0.05, 0.1) is 6.04 Å². The van der Waals surface area contributed by atoms with Crippen molar-refractivity contribution in [1.82, 2.24) is 5.32 Å². The monoisotopic (exact) mass is 368 g/mol. The summed E-state index contributed by atoms with van der Waals surface area (Å²) in [6.07, 6.45) is 1.72. The van der Waals surface area contributed by atoms with Crippen LogP contribution in [-0.2, 0) is 5.41 Å². The van der Waals surface area contributed by atoms with Gasteiger partial charge in [0.1, 0.15) is 12.4 Å². The van der Waals surface area contributed by atoms with Crippen molar-refractivity contribution in [3.8, 4) is 5.75 Å². The molecular weight excluding hydrogens is 340 g/mol. The van der Waals surface area contributed by atoms with Crippen LogP contribution in [0.25, 0.3) is 0 Å². The fraction of sp³-hybridized carbons (Fsp3) is 0.318. The van der Waals surface area contributed by atoms with Gasteiger partial charge in [-0.3, -0.25) is 0 Å². The summed E-state index contributed by atoms with van der Waals surface area (Å²) in [5.41, 5.74) is 3.61. The zero-order chi connectivity index (χ0) is 19.2. The quantitative estimate of drug-likeness (QED) is 0.514. The number of ether oxygens (including phenoxy) is 1. The summed E-state index contributed by atoms with van der Waals surface area (Å²) in [6.45, 7) is 12.9. The molecule has 3 nitrogen and oxygen atoms in total. The molecule has 0 aliphatic rings. The molecule has 26 heavy (non-hydrogen) atoms. The minimum atomic E-state index is 0.124. The summed E-state index contributed by atoms with van der Waals surface area (Å²) >= 11 is 5.43. The Morgan fingerprint density at radius 1 is 1.12 bits per heavy atom. The maximum atomic E-state index is 5.48. The minimum Gasteiger partial charge on any atom is -0.490 e. The molecule has 4 heteroatoms. The Bertz CT molecular complexity index is 730. The molecule has 0 unspecified atom stereocenters. The van der Waals surface area contributed by atoms with E-state index < -0.39 is 0 Å². The van der Waals surface area contributed by atoms with Crippen LogP contribution in [0.1, 0.15) is 44.9 Å². The van der Waals surface area contributed by atoms with Gasteiger partial charge >= 0.3 is 0 Å². The topological polar surface area (TPSA) is 33.3 Å². The highest BCUT2D eigenvalue weighted by Gasteiger charge is 2.14. The Kier molecular flexibility index (Phi) is 6.81. The van der Waals surface area contributed by atoms with E-state index in [1.165, 1.54) is 11.1 Å². The number of thiocarbonyl (C=S) groups is 1. The number of nitrogens with one attached hydrogen (secondary N) is 2. The van der Waals surface area contributed by atoms with Crippen molar-refractivity contribution in [2.75, 3.05) is 11.9 Å². The third-order valence-electron chi connectivity index (χ3n) is 4.10. The van der Waals surface area contributed by atoms with Gasteiger partial charge in [0.25, 0.3) is 0 Å². The molecule has 0 saturated carbocycles. The highest BCUT2D eigenvalue weighted by molar-refractivity contribution is 7.80. The van der Waals surface area contributed by atoms with Crippen LogP contribution >= 0.6 is 12.2 Å². The first kappa shape index (κ1) is 20.0. The molecule has 2 aromatic carbocycles. The Morgan fingerprint density at radius 2 is 1.73 bits per heavy atom. The summed E-state index contributed by atoms with van der Waals surface area (Å²) in [6, 6.07) is 16.5. The molecule has 2 aromatic rings. The molecule has 2 N–H and O–H groups in total. The average molecular weight is 369 g/mol. The maximum Gasteiger partial charge on any atom is 0.171 e. The van der Waals surface area contributed by atoms with Gasteiger partial charge < -0.3 is 15.4 Å². The van der Waals surface area contributed by atoms with E-state index in [4.69, 9.17) is 17.0 Å². The molecule has 2 rings (SSSR count). The first-order chi connectivity index (χ1) is 12.3. The van der Waals surface area contributed by atoms with Crippen LogP contribution in [0.5, 0.6) is 5.75 Å². The first-order valence-electron chi connectivity index (χ1n) is 8.81. The summed E-state index contributed by atoms with van der Waals surface area (Å²) < 4.78 is 5.48. The largest absolute Gasteiger partial charge is 0.490 e. The summed E-state index contributed by atoms with van der Waals surface area (Å²) in [7, 11) is 0. The fourth-order valence-corrected chi connectivity index (χ4v) is 2.80. The molecule has 138 valence electrons. The minimum absolute atomic E-state index is 0.124. The standard InChI is InChI=1S/C22H28N2OS/c1-6-15-25-20-13-11-19(12-14-20)24-21(26)23-16(2)17-7-9-18(10-8-17)22(3,4)5/h6-14,16H,1,15H2,2-5H3,(H2,23,24,26)/t16-/m1/s1. The number of rotatable bonds is 6. The Morgan fingerprint density at radius 3 is 2.27 bits per heavy atom. The molecule has 0 aromatic heterocycles. The zero-order valence-corrected chi connectivity index (χ0v) is 16.8. The second-order valence-corrected chi connectivity index (χ2v) is 7.72. The molecule has 0 radical (unpaired) electrons. The van der Waals surface area contributed by atoms with E-state index in [0.717, 1.165) is 11.4 Å². The van der Waals surface area contributed by atoms with Crippen LogP contribution in [0, 0.1) is 0 Å². The number of anilines is 1. The van der Waals surface area contributed by atoms with E-state index in [-0.39, 0.29) is 11.5 Å². The van der Waals surface area contributed by atoms with E-state index in [1.54, 1.807) is 6.08 Å². The number of hydrogen-bond acceptors (Lipinski definition) is 2. The van der Waals surface area contributed by atoms with Crippen molar-refractivity contribution < 1.29 is 4.74 Å². The highest BCUT2D eigenvalue weighted by Crippen LogP contribution is 2.24. The Hall–Kier alpha value is -2.33. The predicted molar refractivity (Wildman–Crippen MR) is 115 cm³/mol. The Labute approximate surface area is 162 Å². The zero-order valence-electron chi connectivity index (χ0n) is 16.0. The van der Waals surface area contributed by atoms with Gasteiger partial charge in [0, 0.05) is 5.69 Å². The van der Waals surface area contributed by atoms with E-state index in [9.17, 15) is 0 Å². The lowest BCUT2D eigenvalue weighted by atomic mass is 9.86. The van der Waals surface area contributed by atoms with Gasteiger partial charge in [0.15, 0.2) is 5.11 Å². The van der Waals surface area contributed by atoms with Crippen molar-refractivity contribution >= 4 is 23.0 Å². The molecule has 0 saturated heterocycles. The van der Waals surface area contributed by atoms with Crippen molar-refractivity contribution in [2.24, 2.45) is 0 Å². The molecule has 1 atom stereocenters. The van der Waals surface area contributed by atoms with Crippen LogP contribution in [0.3, 0.4) is 0 Å². The predicted octanol–water partition coefficient (Wildman–Crippen LogP) is 5.60. The highest BCUT2D eigenvalue weighted by atomic mass is 32.1. The lowest BCUT2D eigenvalue weighted by molar-refractivity contribution is 0.363. The second kappa shape index (κ2) is 8.86. The summed E-state index contributed by atoms with van der Waals surface area (Å²) in [5.74, 6) is 0.807. The van der Waals surface area contributed by atoms with Crippen LogP contribution in [0.2, 0.25) is 0 Å². The van der Waals surface area contributed by atoms with Gasteiger partial charge in [-0.2, -0.15) is 0 Å². The fourth-order valence-electron chi connectivity index (χ4n) is 2.51. The van der Waals surface area contributed by atoms with Crippen LogP contribution < -0.4 is 15.4 Å². The molecule has 0 aliphatic heterocycles. The number of hydrogen-bond donors (Lipinski definition) is 2. The summed E-state index contributed by atoms with van der Waals surface area (Å²) in [4.78, 5) is 0. The summed E-state index contributed by atoms with van der Waals surface area (Å²) in [5, 5.41) is 7.13. The molecule has 0 bridgehead atoms. The van der Waals surface area contributed by atoms with E-state index in [1.807, 2.05) is 24.3 Å². The maximum absolute atomic E-state index is 5.48. The van der Waals surface area contributed by atoms with Crippen molar-refractivity contribution in [3.05, 3.63) is 72.3 Å². The van der Waals surface area contributed by atoms with Gasteiger partial charge in [-0.05, 0) is 59.9 Å². The van der Waals surface area contributed by atoms with E-state index >= 15 is 0 Å². The smallest absolute Gasteiger partial charge is 0.171 e. The average Bonchev–Trinajstić information content (AvgIpc) is 2.60. The molecule has 0 spiro atoms. The van der Waals surface area contributed by atoms with Crippen molar-refractivity contribution in [1.29, 1.82) is 0 Å². The third kappa shape index (κ3) is 5.88. The van der Waals surface area contributed by atoms with E-state index in [0.29, 0.717) is 11.7 Å². The normalized spacial score (nSPS) is 12.2. The lowest BCUT2D eigenvalue weighted by Crippen LogP contribution is -2.30. The third-order valence-corrected chi connectivity index (χ3v) is 4.32. The van der Waals surface area contributed by atoms with Crippen LogP contribution in [0.4, 0.5) is 5.69 Å². The van der Waals surface area contributed by atoms with Crippen LogP contribution in [-0.4, -0.2) is 11.7 Å². The molecule has 0 fully saturated rings. The molecule has 0 amide bonds. The Balaban J connectivity index is 1.91. The molecule has 0 heterocycles. The van der Waals surface area contributed by atoms with Gasteiger partial charge in [0.2, 0.25) is 0 Å². The van der Waals surface area contributed by atoms with Crippen molar-refractivity contribution in [3.63, 3.8) is 0 Å². The molecular formula is C22H28N2OS. The van der Waals surface area contributed by atoms with Gasteiger partial charge in [-0.15, -0.1) is 0 Å². The van der Waals surface area contributed by atoms with Crippen molar-refractivity contribution in [2.45, 2.75) is 39.2 Å². The van der Waals surface area contributed by atoms with Gasteiger partial charge in [-0.1, -0.05) is 57.7 Å². The van der Waals surface area contributed by atoms with Crippen LogP contribution in [0.15, 0.2) is 61.2 Å². The van der Waals surface area contributed by atoms with Gasteiger partial charge in [-0.25, -0.2) is 0 Å². The van der Waals surface area contributed by atoms with E-state index in [2.05, 4.69) is 69.2 Å². The SMILES string of the molecule is C=CCOc1ccc(NC(=S)N[C@H](C)c2ccc(C(C)(C)C)cc2)cc1. The lowest BCUT2D eigenvalue weighted by Gasteiger charge is -2.21.